The van der Waals surface area contributed by atoms with Crippen LogP contribution in [0.25, 0.3) is 0 Å². The summed E-state index contributed by atoms with van der Waals surface area (Å²) >= 11 is 9.33. The van der Waals surface area contributed by atoms with Crippen LogP contribution in [0.5, 0.6) is 5.75 Å². The van der Waals surface area contributed by atoms with Crippen LogP contribution < -0.4 is 9.64 Å². The van der Waals surface area contributed by atoms with Crippen molar-refractivity contribution in [3.8, 4) is 5.75 Å². The number of halogens is 2. The Morgan fingerprint density at radius 1 is 1.17 bits per heavy atom. The van der Waals surface area contributed by atoms with Crippen molar-refractivity contribution in [2.75, 3.05) is 10.4 Å². The molecule has 0 fully saturated rings. The quantitative estimate of drug-likeness (QED) is 0.385. The number of rotatable bonds is 9. The number of nitrogens with zero attached hydrogens (tertiary/aromatic N) is 3. The summed E-state index contributed by atoms with van der Waals surface area (Å²) in [6.45, 7) is 4.98. The highest BCUT2D eigenvalue weighted by molar-refractivity contribution is 9.09. The van der Waals surface area contributed by atoms with E-state index in [4.69, 9.17) is 16.3 Å². The van der Waals surface area contributed by atoms with E-state index in [2.05, 4.69) is 25.8 Å². The minimum absolute atomic E-state index is 0.0729. The van der Waals surface area contributed by atoms with E-state index < -0.39 is 5.97 Å². The van der Waals surface area contributed by atoms with Gasteiger partial charge in [0.25, 0.3) is 0 Å². The molecule has 3 aromatic rings. The van der Waals surface area contributed by atoms with Crippen LogP contribution in [0.15, 0.2) is 54.9 Å². The van der Waals surface area contributed by atoms with Crippen molar-refractivity contribution < 1.29 is 14.6 Å². The normalized spacial score (nSPS) is 11.0. The molecule has 0 saturated carbocycles. The first-order valence-electron chi connectivity index (χ1n) is 9.46. The first-order chi connectivity index (χ1) is 14.4. The fourth-order valence-electron chi connectivity index (χ4n) is 3.21. The maximum absolute atomic E-state index is 11.7. The van der Waals surface area contributed by atoms with E-state index in [-0.39, 0.29) is 11.7 Å². The van der Waals surface area contributed by atoms with Gasteiger partial charge in [0, 0.05) is 23.3 Å². The van der Waals surface area contributed by atoms with Crippen molar-refractivity contribution in [1.29, 1.82) is 0 Å². The lowest BCUT2D eigenvalue weighted by atomic mass is 10.1. The number of carbonyl (C=O) groups is 1. The van der Waals surface area contributed by atoms with Crippen LogP contribution in [0.2, 0.25) is 5.02 Å². The lowest BCUT2D eigenvalue weighted by Gasteiger charge is -2.27. The van der Waals surface area contributed by atoms with Crippen molar-refractivity contribution >= 4 is 39.2 Å². The zero-order valence-corrected chi connectivity index (χ0v) is 19.1. The van der Waals surface area contributed by atoms with Crippen LogP contribution in [0.1, 0.15) is 41.6 Å². The van der Waals surface area contributed by atoms with Gasteiger partial charge in [0.15, 0.2) is 5.69 Å². The Labute approximate surface area is 189 Å². The maximum Gasteiger partial charge on any atom is 0.356 e. The predicted molar refractivity (Wildman–Crippen MR) is 122 cm³/mol. The molecule has 1 N–H and O–H groups in total. The van der Waals surface area contributed by atoms with Gasteiger partial charge in [0.05, 0.1) is 18.6 Å². The second-order valence-corrected chi connectivity index (χ2v) is 7.97. The average Bonchev–Trinajstić information content (AvgIpc) is 3.14. The molecule has 1 heterocycles. The summed E-state index contributed by atoms with van der Waals surface area (Å²) in [5.41, 5.74) is 3.17. The zero-order chi connectivity index (χ0) is 21.7. The van der Waals surface area contributed by atoms with E-state index >= 15 is 0 Å². The second kappa shape index (κ2) is 10.00. The van der Waals surface area contributed by atoms with Crippen molar-refractivity contribution in [2.24, 2.45) is 0 Å². The van der Waals surface area contributed by atoms with Gasteiger partial charge in [-0.3, -0.25) is 0 Å². The highest BCUT2D eigenvalue weighted by atomic mass is 79.9. The van der Waals surface area contributed by atoms with Gasteiger partial charge in [-0.05, 0) is 71.7 Å². The van der Waals surface area contributed by atoms with Gasteiger partial charge in [-0.2, -0.15) is 0 Å². The number of benzene rings is 2. The fraction of sp³-hybridized carbons (Fsp3) is 0.273. The number of hydrogen-bond donors (Lipinski definition) is 1. The van der Waals surface area contributed by atoms with Crippen molar-refractivity contribution in [3.05, 3.63) is 76.8 Å². The highest BCUT2D eigenvalue weighted by Crippen LogP contribution is 2.25. The Hall–Kier alpha value is -2.51. The predicted octanol–water partition coefficient (Wildman–Crippen LogP) is 5.75. The van der Waals surface area contributed by atoms with Crippen LogP contribution in [-0.4, -0.2) is 26.1 Å². The lowest BCUT2D eigenvalue weighted by Crippen LogP contribution is -2.25. The van der Waals surface area contributed by atoms with Gasteiger partial charge in [-0.1, -0.05) is 23.7 Å². The van der Waals surface area contributed by atoms with E-state index in [1.54, 1.807) is 6.33 Å². The zero-order valence-electron chi connectivity index (χ0n) is 16.8. The summed E-state index contributed by atoms with van der Waals surface area (Å²) in [5.74, 6) is -0.253. The van der Waals surface area contributed by atoms with Gasteiger partial charge >= 0.3 is 5.97 Å². The molecule has 0 aliphatic heterocycles. The number of ether oxygens (including phenoxy) is 1. The average molecular weight is 493 g/mol. The number of aromatic carboxylic acids is 1. The monoisotopic (exact) mass is 491 g/mol. The molecule has 158 valence electrons. The van der Waals surface area contributed by atoms with Crippen LogP contribution >= 0.6 is 27.5 Å². The molecule has 0 radical (unpaired) electrons. The topological polar surface area (TPSA) is 67.6 Å². The molecule has 0 aliphatic carbocycles. The molecule has 0 spiro atoms. The molecule has 1 aromatic heterocycles. The summed E-state index contributed by atoms with van der Waals surface area (Å²) in [5, 5.41) is 10.3. The summed E-state index contributed by atoms with van der Waals surface area (Å²) in [6.07, 6.45) is 1.59. The fourth-order valence-corrected chi connectivity index (χ4v) is 3.60. The third kappa shape index (κ3) is 5.34. The van der Waals surface area contributed by atoms with Crippen LogP contribution in [0.3, 0.4) is 0 Å². The lowest BCUT2D eigenvalue weighted by molar-refractivity contribution is 0.0689. The molecule has 8 heteroatoms. The molecular weight excluding hydrogens is 470 g/mol. The van der Waals surface area contributed by atoms with Crippen molar-refractivity contribution in [3.63, 3.8) is 0 Å². The Balaban J connectivity index is 1.95. The Bertz CT molecular complexity index is 988. The minimum Gasteiger partial charge on any atom is -0.482 e. The molecule has 0 amide bonds. The number of aromatic nitrogens is 2. The largest absolute Gasteiger partial charge is 0.482 e. The number of carboxylic acids is 1. The summed E-state index contributed by atoms with van der Waals surface area (Å²) in [4.78, 5) is 18.0. The molecule has 2 aromatic carbocycles. The van der Waals surface area contributed by atoms with Crippen molar-refractivity contribution in [2.45, 2.75) is 33.0 Å². The number of hydrogen-bond acceptors (Lipinski definition) is 4. The molecule has 0 aliphatic rings. The van der Waals surface area contributed by atoms with Gasteiger partial charge in [0.1, 0.15) is 11.3 Å². The molecular formula is C22H23BrClN3O3. The summed E-state index contributed by atoms with van der Waals surface area (Å²) < 4.78 is 7.35. The molecule has 30 heavy (non-hydrogen) atoms. The molecule has 6 nitrogen and oxygen atoms in total. The molecule has 0 atom stereocenters. The number of imidazole rings is 1. The first-order valence-corrected chi connectivity index (χ1v) is 11.0. The SMILES string of the molecule is CC(C)n1cnc(C(=O)O)c1CN(Cc1ccc(OCBr)cc1)c1ccc(Cl)cc1. The maximum atomic E-state index is 11.7. The van der Waals surface area contributed by atoms with Crippen molar-refractivity contribution in [1.82, 2.24) is 9.55 Å². The van der Waals surface area contributed by atoms with E-state index in [1.807, 2.05) is 66.9 Å². The smallest absolute Gasteiger partial charge is 0.356 e. The second-order valence-electron chi connectivity index (χ2n) is 7.08. The Kier molecular flexibility index (Phi) is 7.39. The van der Waals surface area contributed by atoms with Crippen LogP contribution in [0.4, 0.5) is 5.69 Å². The molecule has 0 unspecified atom stereocenters. The number of anilines is 1. The van der Waals surface area contributed by atoms with Crippen LogP contribution in [0, 0.1) is 0 Å². The van der Waals surface area contributed by atoms with Crippen LogP contribution in [-0.2, 0) is 13.1 Å². The third-order valence-electron chi connectivity index (χ3n) is 4.71. The molecule has 0 bridgehead atoms. The Morgan fingerprint density at radius 3 is 2.40 bits per heavy atom. The third-order valence-corrected chi connectivity index (χ3v) is 5.19. The van der Waals surface area contributed by atoms with Gasteiger partial charge in [-0.15, -0.1) is 0 Å². The van der Waals surface area contributed by atoms with E-state index in [1.165, 1.54) is 0 Å². The van der Waals surface area contributed by atoms with Gasteiger partial charge in [0.2, 0.25) is 0 Å². The van der Waals surface area contributed by atoms with E-state index in [0.29, 0.717) is 29.3 Å². The minimum atomic E-state index is -1.03. The highest BCUT2D eigenvalue weighted by Gasteiger charge is 2.21. The summed E-state index contributed by atoms with van der Waals surface area (Å²) in [6, 6.07) is 15.4. The molecule has 3 rings (SSSR count). The standard InChI is InChI=1S/C22H23BrClN3O3/c1-15(2)27-14-25-21(22(28)29)20(27)12-26(18-7-5-17(24)6-8-18)11-16-3-9-19(10-4-16)30-13-23/h3-10,14-15H,11-13H2,1-2H3,(H,28,29). The van der Waals surface area contributed by atoms with E-state index in [9.17, 15) is 9.90 Å². The number of carboxylic acid groups (broad SMARTS) is 1. The van der Waals surface area contributed by atoms with Gasteiger partial charge < -0.3 is 19.3 Å². The Morgan fingerprint density at radius 2 is 1.83 bits per heavy atom. The number of alkyl halides is 1. The van der Waals surface area contributed by atoms with E-state index in [0.717, 1.165) is 17.0 Å². The first kappa shape index (κ1) is 22.2. The summed E-state index contributed by atoms with van der Waals surface area (Å²) in [7, 11) is 0. The van der Waals surface area contributed by atoms with Gasteiger partial charge in [-0.25, -0.2) is 9.78 Å². The molecule has 0 saturated heterocycles.